The third kappa shape index (κ3) is 4.37. The summed E-state index contributed by atoms with van der Waals surface area (Å²) in [6.07, 6.45) is 3.94. The van der Waals surface area contributed by atoms with Crippen LogP contribution in [0.4, 0.5) is 0 Å². The fraction of sp³-hybridized carbons (Fsp3) is 0.423. The first kappa shape index (κ1) is 23.8. The number of hydrogen-bond donors (Lipinski definition) is 1. The summed E-state index contributed by atoms with van der Waals surface area (Å²) in [7, 11) is 1.78. The molecule has 0 saturated carbocycles. The number of amides is 1. The number of aliphatic hydroxyl groups excluding tert-OH is 1. The summed E-state index contributed by atoms with van der Waals surface area (Å²) in [4.78, 5) is 30.4. The lowest BCUT2D eigenvalue weighted by atomic mass is 9.94. The fourth-order valence-electron chi connectivity index (χ4n) is 4.89. The van der Waals surface area contributed by atoms with Crippen LogP contribution in [0.5, 0.6) is 5.75 Å². The summed E-state index contributed by atoms with van der Waals surface area (Å²) in [6, 6.07) is 6.61. The van der Waals surface area contributed by atoms with Crippen molar-refractivity contribution < 1.29 is 19.4 Å². The molecule has 8 nitrogen and oxygen atoms in total. The number of aryl methyl sites for hydroxylation is 2. The van der Waals surface area contributed by atoms with E-state index in [1.807, 2.05) is 31.2 Å². The van der Waals surface area contributed by atoms with E-state index in [1.165, 1.54) is 0 Å². The summed E-state index contributed by atoms with van der Waals surface area (Å²) in [5.74, 6) is -0.852. The molecule has 180 valence electrons. The lowest BCUT2D eigenvalue weighted by Gasteiger charge is -2.27. The molecule has 2 aromatic rings. The third-order valence-corrected chi connectivity index (χ3v) is 6.68. The van der Waals surface area contributed by atoms with Crippen LogP contribution in [0.1, 0.15) is 41.4 Å². The molecular formula is C26H32N4O4. The van der Waals surface area contributed by atoms with Crippen LogP contribution < -0.4 is 4.74 Å². The molecule has 2 aliphatic heterocycles. The van der Waals surface area contributed by atoms with Gasteiger partial charge in [0.25, 0.3) is 11.7 Å². The van der Waals surface area contributed by atoms with Crippen LogP contribution in [0.25, 0.3) is 5.76 Å². The number of ketones is 1. The summed E-state index contributed by atoms with van der Waals surface area (Å²) in [5.41, 5.74) is 2.61. The Bertz CT molecular complexity index is 1140. The maximum absolute atomic E-state index is 13.3. The standard InChI is InChI=1S/C26H32N4O4/c1-5-15-34-20-10-8-9-19(16-20)23-22(24(31)21-17(2)27-28(4)18(21)3)25(32)26(33)30(23)14-13-29-11-6-7-12-29/h5,8-10,16,23,31H,1,6-7,11-15H2,2-4H3/b24-22+. The molecule has 1 amide bonds. The highest BCUT2D eigenvalue weighted by Gasteiger charge is 2.46. The molecule has 2 aliphatic rings. The topological polar surface area (TPSA) is 87.9 Å². The van der Waals surface area contributed by atoms with Gasteiger partial charge in [-0.05, 0) is 57.5 Å². The Hall–Kier alpha value is -3.39. The molecule has 8 heteroatoms. The largest absolute Gasteiger partial charge is 0.507 e. The zero-order chi connectivity index (χ0) is 24.4. The van der Waals surface area contributed by atoms with Crippen LogP contribution >= 0.6 is 0 Å². The van der Waals surface area contributed by atoms with E-state index in [0.717, 1.165) is 31.6 Å². The van der Waals surface area contributed by atoms with Gasteiger partial charge in [-0.2, -0.15) is 5.10 Å². The number of hydrogen-bond acceptors (Lipinski definition) is 6. The molecule has 2 fully saturated rings. The van der Waals surface area contributed by atoms with Gasteiger partial charge in [-0.1, -0.05) is 24.8 Å². The summed E-state index contributed by atoms with van der Waals surface area (Å²) >= 11 is 0. The fourth-order valence-corrected chi connectivity index (χ4v) is 4.89. The zero-order valence-electron chi connectivity index (χ0n) is 20.1. The van der Waals surface area contributed by atoms with Crippen molar-refractivity contribution in [1.29, 1.82) is 0 Å². The molecule has 1 N–H and O–H groups in total. The molecule has 3 heterocycles. The van der Waals surface area contributed by atoms with Gasteiger partial charge in [0.15, 0.2) is 0 Å². The highest BCUT2D eigenvalue weighted by molar-refractivity contribution is 6.46. The number of ether oxygens (including phenoxy) is 1. The molecule has 4 rings (SSSR count). The Balaban J connectivity index is 1.80. The number of benzene rings is 1. The van der Waals surface area contributed by atoms with Crippen molar-refractivity contribution in [3.63, 3.8) is 0 Å². The first-order valence-corrected chi connectivity index (χ1v) is 11.7. The van der Waals surface area contributed by atoms with Gasteiger partial charge < -0.3 is 19.6 Å². The summed E-state index contributed by atoms with van der Waals surface area (Å²) < 4.78 is 7.36. The van der Waals surface area contributed by atoms with E-state index >= 15 is 0 Å². The highest BCUT2D eigenvalue weighted by Crippen LogP contribution is 2.41. The van der Waals surface area contributed by atoms with Crippen LogP contribution in [0.2, 0.25) is 0 Å². The molecule has 1 atom stereocenters. The number of nitrogens with zero attached hydrogens (tertiary/aromatic N) is 4. The van der Waals surface area contributed by atoms with E-state index < -0.39 is 17.7 Å². The van der Waals surface area contributed by atoms with Crippen molar-refractivity contribution in [2.24, 2.45) is 7.05 Å². The number of aromatic nitrogens is 2. The van der Waals surface area contributed by atoms with Crippen molar-refractivity contribution in [2.75, 3.05) is 32.8 Å². The third-order valence-electron chi connectivity index (χ3n) is 6.68. The summed E-state index contributed by atoms with van der Waals surface area (Å²) in [6.45, 7) is 10.7. The molecule has 0 aliphatic carbocycles. The molecular weight excluding hydrogens is 432 g/mol. The molecule has 2 saturated heterocycles. The number of Topliss-reactive ketones (excluding diaryl/α,β-unsaturated/α-hetero) is 1. The number of rotatable bonds is 8. The average Bonchev–Trinajstić information content (AvgIpc) is 3.49. The zero-order valence-corrected chi connectivity index (χ0v) is 20.1. The van der Waals surface area contributed by atoms with E-state index in [-0.39, 0.29) is 11.3 Å². The number of carbonyl (C=O) groups excluding carboxylic acids is 2. The second kappa shape index (κ2) is 9.85. The Morgan fingerprint density at radius 2 is 1.97 bits per heavy atom. The minimum absolute atomic E-state index is 0.0893. The first-order valence-electron chi connectivity index (χ1n) is 11.7. The van der Waals surface area contributed by atoms with E-state index in [0.29, 0.717) is 42.3 Å². The monoisotopic (exact) mass is 464 g/mol. The second-order valence-electron chi connectivity index (χ2n) is 8.88. The van der Waals surface area contributed by atoms with Crippen molar-refractivity contribution >= 4 is 17.4 Å². The average molecular weight is 465 g/mol. The smallest absolute Gasteiger partial charge is 0.295 e. The first-order chi connectivity index (χ1) is 16.3. The van der Waals surface area contributed by atoms with E-state index in [9.17, 15) is 14.7 Å². The van der Waals surface area contributed by atoms with Gasteiger partial charge in [-0.15, -0.1) is 0 Å². The van der Waals surface area contributed by atoms with Crippen LogP contribution in [0.15, 0.2) is 42.5 Å². The lowest BCUT2D eigenvalue weighted by Crippen LogP contribution is -2.37. The Kier molecular flexibility index (Phi) is 6.88. The summed E-state index contributed by atoms with van der Waals surface area (Å²) in [5, 5.41) is 15.8. The van der Waals surface area contributed by atoms with Crippen molar-refractivity contribution in [3.8, 4) is 5.75 Å². The molecule has 1 aromatic heterocycles. The van der Waals surface area contributed by atoms with Gasteiger partial charge in [0.2, 0.25) is 0 Å². The molecule has 34 heavy (non-hydrogen) atoms. The highest BCUT2D eigenvalue weighted by atomic mass is 16.5. The van der Waals surface area contributed by atoms with Gasteiger partial charge in [0, 0.05) is 25.8 Å². The Morgan fingerprint density at radius 1 is 1.24 bits per heavy atom. The molecule has 1 unspecified atom stereocenters. The minimum atomic E-state index is -0.714. The van der Waals surface area contributed by atoms with Crippen molar-refractivity contribution in [3.05, 3.63) is 65.0 Å². The number of likely N-dealkylation sites (tertiary alicyclic amines) is 2. The van der Waals surface area contributed by atoms with Crippen LogP contribution in [-0.2, 0) is 16.6 Å². The van der Waals surface area contributed by atoms with E-state index in [4.69, 9.17) is 4.74 Å². The maximum Gasteiger partial charge on any atom is 0.295 e. The molecule has 0 spiro atoms. The Labute approximate surface area is 200 Å². The van der Waals surface area contributed by atoms with E-state index in [1.54, 1.807) is 29.6 Å². The SMILES string of the molecule is C=CCOc1cccc(C2/C(=C(\O)c3c(C)nn(C)c3C)C(=O)C(=O)N2CCN2CCCC2)c1. The molecule has 0 bridgehead atoms. The normalized spacial score (nSPS) is 20.3. The molecule has 1 aromatic carbocycles. The van der Waals surface area contributed by atoms with E-state index in [2.05, 4.69) is 16.6 Å². The van der Waals surface area contributed by atoms with Crippen LogP contribution in [0.3, 0.4) is 0 Å². The van der Waals surface area contributed by atoms with Crippen molar-refractivity contribution in [2.45, 2.75) is 32.7 Å². The van der Waals surface area contributed by atoms with Gasteiger partial charge in [-0.3, -0.25) is 14.3 Å². The lowest BCUT2D eigenvalue weighted by molar-refractivity contribution is -0.140. The van der Waals surface area contributed by atoms with Gasteiger partial charge in [-0.25, -0.2) is 0 Å². The minimum Gasteiger partial charge on any atom is -0.507 e. The predicted molar refractivity (Wildman–Crippen MR) is 129 cm³/mol. The quantitative estimate of drug-likeness (QED) is 0.280. The van der Waals surface area contributed by atoms with Crippen LogP contribution in [0, 0.1) is 13.8 Å². The van der Waals surface area contributed by atoms with Crippen molar-refractivity contribution in [1.82, 2.24) is 19.6 Å². The van der Waals surface area contributed by atoms with Crippen LogP contribution in [-0.4, -0.2) is 69.2 Å². The number of aliphatic hydroxyl groups is 1. The second-order valence-corrected chi connectivity index (χ2v) is 8.88. The molecule has 0 radical (unpaired) electrons. The maximum atomic E-state index is 13.3. The van der Waals surface area contributed by atoms with Gasteiger partial charge in [0.05, 0.1) is 22.9 Å². The Morgan fingerprint density at radius 3 is 2.62 bits per heavy atom. The van der Waals surface area contributed by atoms with Gasteiger partial charge in [0.1, 0.15) is 18.1 Å². The predicted octanol–water partition coefficient (Wildman–Crippen LogP) is 3.12. The van der Waals surface area contributed by atoms with Gasteiger partial charge >= 0.3 is 0 Å². The number of carbonyl (C=O) groups is 2.